The SMILES string of the molecule is Cc1nn(-c2ccc(Cl)c(Cl)c2)c(C)c1CC(=O)N1CCCC1CN. The number of aromatic nitrogens is 2. The maximum absolute atomic E-state index is 12.7. The summed E-state index contributed by atoms with van der Waals surface area (Å²) in [6.07, 6.45) is 2.35. The van der Waals surface area contributed by atoms with E-state index in [2.05, 4.69) is 5.10 Å². The highest BCUT2D eigenvalue weighted by Gasteiger charge is 2.28. The van der Waals surface area contributed by atoms with Gasteiger partial charge in [-0.1, -0.05) is 23.2 Å². The predicted octanol–water partition coefficient (Wildman–Crippen LogP) is 3.29. The van der Waals surface area contributed by atoms with Crippen molar-refractivity contribution in [2.45, 2.75) is 39.2 Å². The smallest absolute Gasteiger partial charge is 0.227 e. The van der Waals surface area contributed by atoms with Crippen LogP contribution in [0.1, 0.15) is 29.8 Å². The molecule has 1 saturated heterocycles. The monoisotopic (exact) mass is 380 g/mol. The van der Waals surface area contributed by atoms with Crippen molar-refractivity contribution in [2.24, 2.45) is 5.73 Å². The van der Waals surface area contributed by atoms with Crippen molar-refractivity contribution in [2.75, 3.05) is 13.1 Å². The summed E-state index contributed by atoms with van der Waals surface area (Å²) in [4.78, 5) is 14.6. The second-order valence-corrected chi connectivity index (χ2v) is 7.27. The fraction of sp³-hybridized carbons (Fsp3) is 0.444. The second kappa shape index (κ2) is 7.36. The molecular formula is C18H22Cl2N4O. The van der Waals surface area contributed by atoms with Gasteiger partial charge in [-0.2, -0.15) is 5.10 Å². The number of amides is 1. The number of hydrogen-bond donors (Lipinski definition) is 1. The molecule has 1 aromatic heterocycles. The zero-order valence-corrected chi connectivity index (χ0v) is 15.9. The Morgan fingerprint density at radius 1 is 1.32 bits per heavy atom. The molecule has 1 atom stereocenters. The Morgan fingerprint density at radius 2 is 2.08 bits per heavy atom. The molecule has 1 aromatic carbocycles. The van der Waals surface area contributed by atoms with Crippen LogP contribution >= 0.6 is 23.2 Å². The lowest BCUT2D eigenvalue weighted by molar-refractivity contribution is -0.131. The van der Waals surface area contributed by atoms with E-state index in [0.717, 1.165) is 42.0 Å². The van der Waals surface area contributed by atoms with E-state index < -0.39 is 0 Å². The van der Waals surface area contributed by atoms with Crippen LogP contribution in [0.25, 0.3) is 5.69 Å². The van der Waals surface area contributed by atoms with Gasteiger partial charge in [0.05, 0.1) is 27.8 Å². The molecule has 134 valence electrons. The first-order chi connectivity index (χ1) is 11.9. The fourth-order valence-electron chi connectivity index (χ4n) is 3.46. The zero-order valence-electron chi connectivity index (χ0n) is 14.4. The Kier molecular flexibility index (Phi) is 5.37. The summed E-state index contributed by atoms with van der Waals surface area (Å²) in [5.74, 6) is 0.118. The maximum Gasteiger partial charge on any atom is 0.227 e. The average Bonchev–Trinajstić information content (AvgIpc) is 3.17. The summed E-state index contributed by atoms with van der Waals surface area (Å²) in [5.41, 5.74) is 9.36. The van der Waals surface area contributed by atoms with Gasteiger partial charge in [0.25, 0.3) is 0 Å². The number of carbonyl (C=O) groups is 1. The third kappa shape index (κ3) is 3.54. The van der Waals surface area contributed by atoms with E-state index in [-0.39, 0.29) is 11.9 Å². The lowest BCUT2D eigenvalue weighted by atomic mass is 10.1. The number of nitrogens with zero attached hydrogens (tertiary/aromatic N) is 3. The minimum absolute atomic E-state index is 0.118. The van der Waals surface area contributed by atoms with E-state index in [1.54, 1.807) is 12.1 Å². The molecule has 2 aromatic rings. The molecule has 2 heterocycles. The number of rotatable bonds is 4. The van der Waals surface area contributed by atoms with Gasteiger partial charge in [0.1, 0.15) is 0 Å². The lowest BCUT2D eigenvalue weighted by Crippen LogP contribution is -2.40. The van der Waals surface area contributed by atoms with Crippen LogP contribution in [0.4, 0.5) is 0 Å². The van der Waals surface area contributed by atoms with Crippen molar-refractivity contribution in [3.63, 3.8) is 0 Å². The minimum Gasteiger partial charge on any atom is -0.338 e. The highest BCUT2D eigenvalue weighted by atomic mass is 35.5. The van der Waals surface area contributed by atoms with Crippen molar-refractivity contribution in [3.8, 4) is 5.69 Å². The van der Waals surface area contributed by atoms with Gasteiger partial charge in [-0.3, -0.25) is 4.79 Å². The van der Waals surface area contributed by atoms with Crippen molar-refractivity contribution in [1.29, 1.82) is 0 Å². The number of carbonyl (C=O) groups excluding carboxylic acids is 1. The van der Waals surface area contributed by atoms with Crippen molar-refractivity contribution < 1.29 is 4.79 Å². The molecule has 0 saturated carbocycles. The van der Waals surface area contributed by atoms with Crippen LogP contribution in [0.5, 0.6) is 0 Å². The first-order valence-corrected chi connectivity index (χ1v) is 9.18. The topological polar surface area (TPSA) is 64.2 Å². The van der Waals surface area contributed by atoms with Crippen molar-refractivity contribution in [1.82, 2.24) is 14.7 Å². The largest absolute Gasteiger partial charge is 0.338 e. The standard InChI is InChI=1S/C18H22Cl2N4O/c1-11-15(9-18(25)23-7-3-4-14(23)10-21)12(2)24(22-11)13-5-6-16(19)17(20)8-13/h5-6,8,14H,3-4,7,9-10,21H2,1-2H3. The molecule has 1 aliphatic heterocycles. The van der Waals surface area contributed by atoms with Crippen molar-refractivity contribution >= 4 is 29.1 Å². The van der Waals surface area contributed by atoms with Gasteiger partial charge < -0.3 is 10.6 Å². The van der Waals surface area contributed by atoms with Crippen LogP contribution in [0.3, 0.4) is 0 Å². The molecule has 0 radical (unpaired) electrons. The summed E-state index contributed by atoms with van der Waals surface area (Å²) >= 11 is 12.1. The van der Waals surface area contributed by atoms with E-state index in [9.17, 15) is 4.79 Å². The molecule has 3 rings (SSSR count). The molecule has 0 aliphatic carbocycles. The highest BCUT2D eigenvalue weighted by Crippen LogP contribution is 2.27. The van der Waals surface area contributed by atoms with Crippen LogP contribution in [0.2, 0.25) is 10.0 Å². The van der Waals surface area contributed by atoms with Crippen LogP contribution in [-0.2, 0) is 11.2 Å². The number of nitrogens with two attached hydrogens (primary N) is 1. The maximum atomic E-state index is 12.7. The molecule has 1 fully saturated rings. The number of likely N-dealkylation sites (tertiary alicyclic amines) is 1. The Hall–Kier alpha value is -1.56. The molecule has 2 N–H and O–H groups in total. The van der Waals surface area contributed by atoms with E-state index in [1.165, 1.54) is 0 Å². The Labute approximate surface area is 157 Å². The molecular weight excluding hydrogens is 359 g/mol. The number of hydrogen-bond acceptors (Lipinski definition) is 3. The first kappa shape index (κ1) is 18.2. The second-order valence-electron chi connectivity index (χ2n) is 6.46. The minimum atomic E-state index is 0.118. The average molecular weight is 381 g/mol. The molecule has 25 heavy (non-hydrogen) atoms. The predicted molar refractivity (Wildman–Crippen MR) is 101 cm³/mol. The van der Waals surface area contributed by atoms with E-state index >= 15 is 0 Å². The Bertz CT molecular complexity index is 803. The van der Waals surface area contributed by atoms with Crippen LogP contribution in [0, 0.1) is 13.8 Å². The summed E-state index contributed by atoms with van der Waals surface area (Å²) in [6, 6.07) is 5.55. The summed E-state index contributed by atoms with van der Waals surface area (Å²) < 4.78 is 1.81. The van der Waals surface area contributed by atoms with Gasteiger partial charge in [-0.05, 0) is 44.9 Å². The van der Waals surface area contributed by atoms with Gasteiger partial charge in [0.15, 0.2) is 0 Å². The molecule has 5 nitrogen and oxygen atoms in total. The highest BCUT2D eigenvalue weighted by molar-refractivity contribution is 6.42. The van der Waals surface area contributed by atoms with Gasteiger partial charge in [0, 0.05) is 30.4 Å². The first-order valence-electron chi connectivity index (χ1n) is 8.42. The fourth-order valence-corrected chi connectivity index (χ4v) is 3.75. The third-order valence-corrected chi connectivity index (χ3v) is 5.63. The quantitative estimate of drug-likeness (QED) is 0.884. The molecule has 1 aliphatic rings. The van der Waals surface area contributed by atoms with Gasteiger partial charge in [-0.25, -0.2) is 4.68 Å². The normalized spacial score (nSPS) is 17.3. The van der Waals surface area contributed by atoms with Gasteiger partial charge >= 0.3 is 0 Å². The van der Waals surface area contributed by atoms with Gasteiger partial charge in [-0.15, -0.1) is 0 Å². The van der Waals surface area contributed by atoms with E-state index in [0.29, 0.717) is 23.0 Å². The van der Waals surface area contributed by atoms with Crippen LogP contribution < -0.4 is 5.73 Å². The molecule has 0 bridgehead atoms. The van der Waals surface area contributed by atoms with E-state index in [4.69, 9.17) is 28.9 Å². The molecule has 1 unspecified atom stereocenters. The van der Waals surface area contributed by atoms with Gasteiger partial charge in [0.2, 0.25) is 5.91 Å². The Morgan fingerprint density at radius 3 is 2.76 bits per heavy atom. The van der Waals surface area contributed by atoms with E-state index in [1.807, 2.05) is 29.5 Å². The lowest BCUT2D eigenvalue weighted by Gasteiger charge is -2.23. The molecule has 0 spiro atoms. The third-order valence-electron chi connectivity index (χ3n) is 4.89. The number of benzene rings is 1. The van der Waals surface area contributed by atoms with Crippen LogP contribution in [0.15, 0.2) is 18.2 Å². The summed E-state index contributed by atoms with van der Waals surface area (Å²) in [6.45, 7) is 5.20. The molecule has 1 amide bonds. The number of aryl methyl sites for hydroxylation is 1. The number of halogens is 2. The summed E-state index contributed by atoms with van der Waals surface area (Å²) in [5, 5.41) is 5.57. The molecule has 7 heteroatoms. The van der Waals surface area contributed by atoms with Crippen molar-refractivity contribution in [3.05, 3.63) is 45.2 Å². The zero-order chi connectivity index (χ0) is 18.1. The Balaban J connectivity index is 1.87. The van der Waals surface area contributed by atoms with Crippen LogP contribution in [-0.4, -0.2) is 39.7 Å². The summed E-state index contributed by atoms with van der Waals surface area (Å²) in [7, 11) is 0.